The first-order valence-electron chi connectivity index (χ1n) is 6.48. The molecule has 2 rings (SSSR count). The standard InChI is InChI=1S/C14H19NO4/c1-9-3-2-4-14(19)15(9)8-13(18)10-5-6-11(16)12(17)7-10/h5-7,9,13,16-18H,2-4,8H2,1H3/t9-,13-/m1/s1. The van der Waals surface area contributed by atoms with Gasteiger partial charge in [0.15, 0.2) is 11.5 Å². The van der Waals surface area contributed by atoms with Crippen LogP contribution in [0.4, 0.5) is 0 Å². The summed E-state index contributed by atoms with van der Waals surface area (Å²) in [5, 5.41) is 28.8. The van der Waals surface area contributed by atoms with Gasteiger partial charge < -0.3 is 20.2 Å². The van der Waals surface area contributed by atoms with E-state index in [0.717, 1.165) is 12.8 Å². The summed E-state index contributed by atoms with van der Waals surface area (Å²) in [6, 6.07) is 4.31. The molecule has 0 aliphatic carbocycles. The van der Waals surface area contributed by atoms with Gasteiger partial charge in [0.05, 0.1) is 12.6 Å². The smallest absolute Gasteiger partial charge is 0.222 e. The zero-order valence-corrected chi connectivity index (χ0v) is 10.9. The van der Waals surface area contributed by atoms with E-state index in [2.05, 4.69) is 0 Å². The number of β-amino-alcohol motifs (C(OH)–C–C–N with tert-alkyl or cyclic N) is 1. The lowest BCUT2D eigenvalue weighted by atomic mass is 10.0. The van der Waals surface area contributed by atoms with Gasteiger partial charge in [0.25, 0.3) is 0 Å². The number of aliphatic hydroxyl groups is 1. The number of carbonyl (C=O) groups excluding carboxylic acids is 1. The van der Waals surface area contributed by atoms with Crippen LogP contribution in [0.25, 0.3) is 0 Å². The molecule has 19 heavy (non-hydrogen) atoms. The number of amides is 1. The molecule has 2 atom stereocenters. The van der Waals surface area contributed by atoms with Crippen LogP contribution in [0.15, 0.2) is 18.2 Å². The van der Waals surface area contributed by atoms with Crippen LogP contribution in [0, 0.1) is 0 Å². The molecule has 5 nitrogen and oxygen atoms in total. The van der Waals surface area contributed by atoms with Crippen LogP contribution in [0.5, 0.6) is 11.5 Å². The number of phenols is 2. The molecular formula is C14H19NO4. The van der Waals surface area contributed by atoms with E-state index in [4.69, 9.17) is 0 Å². The Balaban J connectivity index is 2.09. The van der Waals surface area contributed by atoms with E-state index in [-0.39, 0.29) is 30.0 Å². The molecule has 0 radical (unpaired) electrons. The van der Waals surface area contributed by atoms with E-state index in [1.807, 2.05) is 6.92 Å². The zero-order chi connectivity index (χ0) is 14.0. The van der Waals surface area contributed by atoms with E-state index in [0.29, 0.717) is 12.0 Å². The van der Waals surface area contributed by atoms with Crippen molar-refractivity contribution in [1.29, 1.82) is 0 Å². The van der Waals surface area contributed by atoms with Crippen LogP contribution >= 0.6 is 0 Å². The van der Waals surface area contributed by atoms with E-state index in [1.165, 1.54) is 12.1 Å². The first-order valence-corrected chi connectivity index (χ1v) is 6.48. The van der Waals surface area contributed by atoms with E-state index < -0.39 is 6.10 Å². The van der Waals surface area contributed by atoms with E-state index in [9.17, 15) is 20.1 Å². The summed E-state index contributed by atoms with van der Waals surface area (Å²) in [6.45, 7) is 2.18. The summed E-state index contributed by atoms with van der Waals surface area (Å²) >= 11 is 0. The normalized spacial score (nSPS) is 21.5. The van der Waals surface area contributed by atoms with Crippen molar-refractivity contribution < 1.29 is 20.1 Å². The van der Waals surface area contributed by atoms with Gasteiger partial charge in [0.2, 0.25) is 5.91 Å². The molecule has 1 heterocycles. The SMILES string of the molecule is C[C@@H]1CCCC(=O)N1C[C@@H](O)c1ccc(O)c(O)c1. The van der Waals surface area contributed by atoms with Crippen LogP contribution in [0.2, 0.25) is 0 Å². The molecule has 0 unspecified atom stereocenters. The van der Waals surface area contributed by atoms with Gasteiger partial charge >= 0.3 is 0 Å². The Morgan fingerprint density at radius 2 is 2.11 bits per heavy atom. The van der Waals surface area contributed by atoms with Crippen LogP contribution in [0.3, 0.4) is 0 Å². The minimum absolute atomic E-state index is 0.0563. The highest BCUT2D eigenvalue weighted by Gasteiger charge is 2.27. The van der Waals surface area contributed by atoms with Crippen molar-refractivity contribution in [3.05, 3.63) is 23.8 Å². The number of hydrogen-bond donors (Lipinski definition) is 3. The fraction of sp³-hybridized carbons (Fsp3) is 0.500. The second-order valence-electron chi connectivity index (χ2n) is 5.05. The van der Waals surface area contributed by atoms with Crippen molar-refractivity contribution in [2.45, 2.75) is 38.3 Å². The Morgan fingerprint density at radius 1 is 1.37 bits per heavy atom. The number of piperidine rings is 1. The number of carbonyl (C=O) groups is 1. The highest BCUT2D eigenvalue weighted by Crippen LogP contribution is 2.29. The number of rotatable bonds is 3. The van der Waals surface area contributed by atoms with Gasteiger partial charge in [0.1, 0.15) is 0 Å². The summed E-state index contributed by atoms with van der Waals surface area (Å²) in [5.41, 5.74) is 0.487. The molecule has 1 fully saturated rings. The summed E-state index contributed by atoms with van der Waals surface area (Å²) in [7, 11) is 0. The third-order valence-electron chi connectivity index (χ3n) is 3.62. The van der Waals surface area contributed by atoms with Crippen molar-refractivity contribution >= 4 is 5.91 Å². The van der Waals surface area contributed by atoms with Crippen LogP contribution in [0.1, 0.15) is 37.9 Å². The van der Waals surface area contributed by atoms with E-state index in [1.54, 1.807) is 11.0 Å². The van der Waals surface area contributed by atoms with Crippen molar-refractivity contribution in [3.63, 3.8) is 0 Å². The van der Waals surface area contributed by atoms with Gasteiger partial charge in [-0.1, -0.05) is 6.07 Å². The Kier molecular flexibility index (Phi) is 3.95. The topological polar surface area (TPSA) is 81.0 Å². The molecule has 0 saturated carbocycles. The Labute approximate surface area is 112 Å². The summed E-state index contributed by atoms with van der Waals surface area (Å²) in [6.07, 6.45) is 1.50. The maximum absolute atomic E-state index is 11.8. The fourth-order valence-corrected chi connectivity index (χ4v) is 2.42. The maximum Gasteiger partial charge on any atom is 0.222 e. The molecule has 0 bridgehead atoms. The number of phenolic OH excluding ortho intramolecular Hbond substituents is 2. The predicted molar refractivity (Wildman–Crippen MR) is 69.8 cm³/mol. The summed E-state index contributed by atoms with van der Waals surface area (Å²) < 4.78 is 0. The van der Waals surface area contributed by atoms with Crippen LogP contribution in [-0.4, -0.2) is 38.7 Å². The van der Waals surface area contributed by atoms with Crippen LogP contribution < -0.4 is 0 Å². The van der Waals surface area contributed by atoms with Gasteiger partial charge in [-0.05, 0) is 37.5 Å². The van der Waals surface area contributed by atoms with Gasteiger partial charge in [-0.15, -0.1) is 0 Å². The van der Waals surface area contributed by atoms with Crippen molar-refractivity contribution in [3.8, 4) is 11.5 Å². The molecule has 0 spiro atoms. The van der Waals surface area contributed by atoms with Gasteiger partial charge in [-0.2, -0.15) is 0 Å². The molecule has 3 N–H and O–H groups in total. The zero-order valence-electron chi connectivity index (χ0n) is 10.9. The van der Waals surface area contributed by atoms with Gasteiger partial charge in [0, 0.05) is 12.5 Å². The predicted octanol–water partition coefficient (Wildman–Crippen LogP) is 1.53. The average molecular weight is 265 g/mol. The molecular weight excluding hydrogens is 246 g/mol. The lowest BCUT2D eigenvalue weighted by Crippen LogP contribution is -2.44. The summed E-state index contributed by atoms with van der Waals surface area (Å²) in [5.74, 6) is -0.436. The second kappa shape index (κ2) is 5.48. The Bertz CT molecular complexity index is 475. The largest absolute Gasteiger partial charge is 0.504 e. The number of aromatic hydroxyl groups is 2. The highest BCUT2D eigenvalue weighted by molar-refractivity contribution is 5.77. The summed E-state index contributed by atoms with van der Waals surface area (Å²) in [4.78, 5) is 13.5. The lowest BCUT2D eigenvalue weighted by molar-refractivity contribution is -0.137. The molecule has 104 valence electrons. The Morgan fingerprint density at radius 3 is 2.74 bits per heavy atom. The lowest BCUT2D eigenvalue weighted by Gasteiger charge is -2.34. The van der Waals surface area contributed by atoms with Crippen molar-refractivity contribution in [2.75, 3.05) is 6.54 Å². The van der Waals surface area contributed by atoms with Gasteiger partial charge in [-0.3, -0.25) is 4.79 Å². The number of benzene rings is 1. The maximum atomic E-state index is 11.8. The third-order valence-corrected chi connectivity index (χ3v) is 3.62. The molecule has 1 aromatic carbocycles. The fourth-order valence-electron chi connectivity index (χ4n) is 2.42. The minimum atomic E-state index is -0.865. The van der Waals surface area contributed by atoms with Gasteiger partial charge in [-0.25, -0.2) is 0 Å². The number of hydrogen-bond acceptors (Lipinski definition) is 4. The molecule has 0 aromatic heterocycles. The van der Waals surface area contributed by atoms with Crippen molar-refractivity contribution in [1.82, 2.24) is 4.90 Å². The van der Waals surface area contributed by atoms with Crippen molar-refractivity contribution in [2.24, 2.45) is 0 Å². The Hall–Kier alpha value is -1.75. The van der Waals surface area contributed by atoms with E-state index >= 15 is 0 Å². The first kappa shape index (κ1) is 13.7. The highest BCUT2D eigenvalue weighted by atomic mass is 16.3. The average Bonchev–Trinajstić information content (AvgIpc) is 2.37. The molecule has 1 aliphatic rings. The molecule has 1 saturated heterocycles. The minimum Gasteiger partial charge on any atom is -0.504 e. The molecule has 5 heteroatoms. The number of nitrogens with zero attached hydrogens (tertiary/aromatic N) is 1. The monoisotopic (exact) mass is 265 g/mol. The number of likely N-dealkylation sites (tertiary alicyclic amines) is 1. The molecule has 1 aromatic rings. The second-order valence-corrected chi connectivity index (χ2v) is 5.05. The number of aliphatic hydroxyl groups excluding tert-OH is 1. The van der Waals surface area contributed by atoms with Crippen LogP contribution in [-0.2, 0) is 4.79 Å². The first-order chi connectivity index (χ1) is 8.99. The quantitative estimate of drug-likeness (QED) is 0.724. The molecule has 1 amide bonds. The third kappa shape index (κ3) is 2.98. The molecule has 1 aliphatic heterocycles.